The standard InChI is InChI=1S/C25H27ClN6O2/c1-2-34-24-8-4-3-7-20(24)18-31(14-6-13-30-16-12-27-19-30)25(33)29-21-9-10-23(22(26)17-21)32-15-5-11-28-32/h3-5,7-12,15-17,19H,2,6,13-14,18H2,1H3,(H,29,33). The zero-order chi connectivity index (χ0) is 23.8. The molecule has 0 bridgehead atoms. The predicted octanol–water partition coefficient (Wildman–Crippen LogP) is 5.25. The highest BCUT2D eigenvalue weighted by atomic mass is 35.5. The van der Waals surface area contributed by atoms with Crippen molar-refractivity contribution in [1.82, 2.24) is 24.2 Å². The fourth-order valence-electron chi connectivity index (χ4n) is 3.64. The lowest BCUT2D eigenvalue weighted by molar-refractivity contribution is 0.206. The third-order valence-electron chi connectivity index (χ3n) is 5.27. The SMILES string of the molecule is CCOc1ccccc1CN(CCCn1ccnc1)C(=O)Nc1ccc(-n2cccn2)c(Cl)c1. The Morgan fingerprint density at radius 3 is 2.76 bits per heavy atom. The summed E-state index contributed by atoms with van der Waals surface area (Å²) in [5.74, 6) is 0.782. The second kappa shape index (κ2) is 11.4. The van der Waals surface area contributed by atoms with Crippen molar-refractivity contribution in [3.05, 3.63) is 90.2 Å². The number of aryl methyl sites for hydroxylation is 1. The Bertz CT molecular complexity index is 1190. The van der Waals surface area contributed by atoms with Gasteiger partial charge in [0.05, 0.1) is 30.2 Å². The van der Waals surface area contributed by atoms with Crippen LogP contribution in [0.4, 0.5) is 10.5 Å². The van der Waals surface area contributed by atoms with Crippen LogP contribution in [-0.2, 0) is 13.1 Å². The molecule has 0 atom stereocenters. The first-order valence-corrected chi connectivity index (χ1v) is 11.5. The van der Waals surface area contributed by atoms with Gasteiger partial charge >= 0.3 is 6.03 Å². The molecule has 34 heavy (non-hydrogen) atoms. The molecule has 2 aromatic heterocycles. The van der Waals surface area contributed by atoms with Gasteiger partial charge in [0.1, 0.15) is 5.75 Å². The average molecular weight is 479 g/mol. The van der Waals surface area contributed by atoms with E-state index in [2.05, 4.69) is 15.4 Å². The largest absolute Gasteiger partial charge is 0.494 e. The van der Waals surface area contributed by atoms with Gasteiger partial charge in [-0.25, -0.2) is 14.5 Å². The van der Waals surface area contributed by atoms with Crippen molar-refractivity contribution in [2.24, 2.45) is 0 Å². The Balaban J connectivity index is 1.49. The highest BCUT2D eigenvalue weighted by Gasteiger charge is 2.17. The van der Waals surface area contributed by atoms with Crippen LogP contribution in [0.5, 0.6) is 5.75 Å². The van der Waals surface area contributed by atoms with E-state index in [1.165, 1.54) is 0 Å². The van der Waals surface area contributed by atoms with Gasteiger partial charge in [-0.1, -0.05) is 29.8 Å². The minimum Gasteiger partial charge on any atom is -0.494 e. The maximum absolute atomic E-state index is 13.3. The van der Waals surface area contributed by atoms with Crippen LogP contribution in [-0.4, -0.2) is 43.4 Å². The molecule has 4 aromatic rings. The molecule has 0 aliphatic carbocycles. The minimum absolute atomic E-state index is 0.208. The third-order valence-corrected chi connectivity index (χ3v) is 5.58. The molecule has 8 nitrogen and oxygen atoms in total. The molecule has 176 valence electrons. The van der Waals surface area contributed by atoms with Crippen LogP contribution in [0.3, 0.4) is 0 Å². The van der Waals surface area contributed by atoms with Gasteiger partial charge in [-0.05, 0) is 43.7 Å². The maximum atomic E-state index is 13.3. The van der Waals surface area contributed by atoms with Crippen LogP contribution in [0.25, 0.3) is 5.69 Å². The maximum Gasteiger partial charge on any atom is 0.322 e. The quantitative estimate of drug-likeness (QED) is 0.338. The van der Waals surface area contributed by atoms with Crippen LogP contribution in [0.15, 0.2) is 79.6 Å². The number of carbonyl (C=O) groups excluding carboxylic acids is 1. The summed E-state index contributed by atoms with van der Waals surface area (Å²) in [5, 5.41) is 7.69. The van der Waals surface area contributed by atoms with Crippen molar-refractivity contribution in [2.45, 2.75) is 26.4 Å². The number of imidazole rings is 1. The number of aromatic nitrogens is 4. The molecule has 0 aliphatic rings. The number of para-hydroxylation sites is 1. The summed E-state index contributed by atoms with van der Waals surface area (Å²) in [6.45, 7) is 4.25. The number of carbonyl (C=O) groups is 1. The molecule has 2 heterocycles. The Kier molecular flexibility index (Phi) is 7.83. The molecular weight excluding hydrogens is 452 g/mol. The van der Waals surface area contributed by atoms with E-state index in [0.29, 0.717) is 30.4 Å². The number of nitrogens with zero attached hydrogens (tertiary/aromatic N) is 5. The fourth-order valence-corrected chi connectivity index (χ4v) is 3.90. The monoisotopic (exact) mass is 478 g/mol. The summed E-state index contributed by atoms with van der Waals surface area (Å²) < 4.78 is 9.45. The van der Waals surface area contributed by atoms with Crippen LogP contribution in [0.2, 0.25) is 5.02 Å². The molecule has 0 unspecified atom stereocenters. The highest BCUT2D eigenvalue weighted by molar-refractivity contribution is 6.32. The molecule has 0 radical (unpaired) electrons. The molecular formula is C25H27ClN6O2. The van der Waals surface area contributed by atoms with Crippen LogP contribution >= 0.6 is 11.6 Å². The first-order chi connectivity index (χ1) is 16.6. The van der Waals surface area contributed by atoms with E-state index in [4.69, 9.17) is 16.3 Å². The van der Waals surface area contributed by atoms with Gasteiger partial charge in [0.15, 0.2) is 0 Å². The van der Waals surface area contributed by atoms with Gasteiger partial charge in [-0.2, -0.15) is 5.10 Å². The Morgan fingerprint density at radius 2 is 2.03 bits per heavy atom. The van der Waals surface area contributed by atoms with Crippen molar-refractivity contribution >= 4 is 23.3 Å². The number of benzene rings is 2. The van der Waals surface area contributed by atoms with E-state index in [1.54, 1.807) is 34.4 Å². The van der Waals surface area contributed by atoms with Crippen LogP contribution < -0.4 is 10.1 Å². The molecule has 9 heteroatoms. The summed E-state index contributed by atoms with van der Waals surface area (Å²) in [4.78, 5) is 19.2. The number of anilines is 1. The highest BCUT2D eigenvalue weighted by Crippen LogP contribution is 2.25. The van der Waals surface area contributed by atoms with Crippen molar-refractivity contribution in [3.8, 4) is 11.4 Å². The van der Waals surface area contributed by atoms with Crippen molar-refractivity contribution in [2.75, 3.05) is 18.5 Å². The van der Waals surface area contributed by atoms with E-state index < -0.39 is 0 Å². The third kappa shape index (κ3) is 5.96. The molecule has 0 fully saturated rings. The second-order valence-electron chi connectivity index (χ2n) is 7.66. The summed E-state index contributed by atoms with van der Waals surface area (Å²) >= 11 is 6.46. The summed E-state index contributed by atoms with van der Waals surface area (Å²) in [5.41, 5.74) is 2.31. The van der Waals surface area contributed by atoms with E-state index in [1.807, 2.05) is 66.3 Å². The second-order valence-corrected chi connectivity index (χ2v) is 8.07. The molecule has 2 aromatic carbocycles. The zero-order valence-electron chi connectivity index (χ0n) is 19.0. The minimum atomic E-state index is -0.208. The van der Waals surface area contributed by atoms with Gasteiger partial charge in [0, 0.05) is 49.1 Å². The number of urea groups is 1. The number of rotatable bonds is 10. The number of nitrogens with one attached hydrogen (secondary N) is 1. The van der Waals surface area contributed by atoms with E-state index in [0.717, 1.165) is 30.0 Å². The normalized spacial score (nSPS) is 10.8. The lowest BCUT2D eigenvalue weighted by Gasteiger charge is -2.24. The fraction of sp³-hybridized carbons (Fsp3) is 0.240. The van der Waals surface area contributed by atoms with Gasteiger partial charge in [0.25, 0.3) is 0 Å². The van der Waals surface area contributed by atoms with Crippen molar-refractivity contribution in [3.63, 3.8) is 0 Å². The molecule has 0 aliphatic heterocycles. The topological polar surface area (TPSA) is 77.2 Å². The molecule has 0 saturated heterocycles. The van der Waals surface area contributed by atoms with E-state index in [-0.39, 0.29) is 6.03 Å². The van der Waals surface area contributed by atoms with Gasteiger partial charge in [-0.15, -0.1) is 0 Å². The van der Waals surface area contributed by atoms with E-state index >= 15 is 0 Å². The van der Waals surface area contributed by atoms with Crippen molar-refractivity contribution < 1.29 is 9.53 Å². The Morgan fingerprint density at radius 1 is 1.15 bits per heavy atom. The summed E-state index contributed by atoms with van der Waals surface area (Å²) in [6.07, 6.45) is 9.72. The summed E-state index contributed by atoms with van der Waals surface area (Å²) in [7, 11) is 0. The number of halogens is 1. The summed E-state index contributed by atoms with van der Waals surface area (Å²) in [6, 6.07) is 14.8. The molecule has 2 amide bonds. The molecule has 0 saturated carbocycles. The first kappa shape index (κ1) is 23.4. The number of hydrogen-bond donors (Lipinski definition) is 1. The van der Waals surface area contributed by atoms with Gasteiger partial charge in [0.2, 0.25) is 0 Å². The Hall–Kier alpha value is -3.78. The van der Waals surface area contributed by atoms with E-state index in [9.17, 15) is 4.79 Å². The van der Waals surface area contributed by atoms with Gasteiger partial charge < -0.3 is 19.5 Å². The number of ether oxygens (including phenoxy) is 1. The molecule has 0 spiro atoms. The van der Waals surface area contributed by atoms with Crippen molar-refractivity contribution in [1.29, 1.82) is 0 Å². The van der Waals surface area contributed by atoms with Gasteiger partial charge in [-0.3, -0.25) is 0 Å². The average Bonchev–Trinajstić information content (AvgIpc) is 3.54. The number of hydrogen-bond acceptors (Lipinski definition) is 4. The Labute approximate surface area is 203 Å². The zero-order valence-corrected chi connectivity index (χ0v) is 19.7. The lowest BCUT2D eigenvalue weighted by atomic mass is 10.2. The number of amides is 2. The smallest absolute Gasteiger partial charge is 0.322 e. The van der Waals surface area contributed by atoms with Crippen LogP contribution in [0.1, 0.15) is 18.9 Å². The predicted molar refractivity (Wildman–Crippen MR) is 132 cm³/mol. The van der Waals surface area contributed by atoms with Crippen LogP contribution in [0, 0.1) is 0 Å². The molecule has 4 rings (SSSR count). The molecule has 1 N–H and O–H groups in total. The first-order valence-electron chi connectivity index (χ1n) is 11.2. The lowest BCUT2D eigenvalue weighted by Crippen LogP contribution is -2.35.